The van der Waals surface area contributed by atoms with Crippen LogP contribution >= 0.6 is 23.4 Å². The van der Waals surface area contributed by atoms with Gasteiger partial charge in [0.1, 0.15) is 5.82 Å². The predicted molar refractivity (Wildman–Crippen MR) is 69.8 cm³/mol. The molecule has 0 fully saturated rings. The molecule has 0 unspecified atom stereocenters. The number of halogens is 1. The van der Waals surface area contributed by atoms with Gasteiger partial charge in [0.2, 0.25) is 0 Å². The van der Waals surface area contributed by atoms with E-state index in [9.17, 15) is 0 Å². The lowest BCUT2D eigenvalue weighted by molar-refractivity contribution is 0.782. The number of benzene rings is 1. The first-order valence-corrected chi connectivity index (χ1v) is 6.36. The summed E-state index contributed by atoms with van der Waals surface area (Å²) in [7, 11) is 1.81. The van der Waals surface area contributed by atoms with Crippen LogP contribution in [0.5, 0.6) is 0 Å². The fraction of sp³-hybridized carbons (Fsp3) is 0.182. The number of nitrogens with zero attached hydrogens (tertiary/aromatic N) is 2. The summed E-state index contributed by atoms with van der Waals surface area (Å²) in [5.74, 6) is 0.627. The van der Waals surface area contributed by atoms with Crippen molar-refractivity contribution in [2.24, 2.45) is 7.05 Å². The monoisotopic (exact) mass is 253 g/mol. The van der Waals surface area contributed by atoms with Crippen LogP contribution in [0.1, 0.15) is 0 Å². The normalized spacial score (nSPS) is 10.7. The Hall–Kier alpha value is -1.13. The second-order valence-electron chi connectivity index (χ2n) is 3.40. The molecule has 1 aromatic heterocycles. The van der Waals surface area contributed by atoms with Crippen molar-refractivity contribution in [2.75, 3.05) is 12.0 Å². The van der Waals surface area contributed by atoms with E-state index in [-0.39, 0.29) is 0 Å². The second kappa shape index (κ2) is 4.39. The van der Waals surface area contributed by atoms with Crippen LogP contribution in [0.2, 0.25) is 5.02 Å². The molecule has 0 atom stereocenters. The topological polar surface area (TPSA) is 43.8 Å². The molecule has 84 valence electrons. The lowest BCUT2D eigenvalue weighted by Gasteiger charge is -2.06. The zero-order valence-corrected chi connectivity index (χ0v) is 10.6. The molecule has 0 radical (unpaired) electrons. The molecule has 3 nitrogen and oxygen atoms in total. The summed E-state index contributed by atoms with van der Waals surface area (Å²) in [4.78, 5) is 1.10. The molecule has 0 aliphatic carbocycles. The van der Waals surface area contributed by atoms with Crippen molar-refractivity contribution in [3.63, 3.8) is 0 Å². The Bertz CT molecular complexity index is 502. The number of nitrogen functional groups attached to an aromatic ring is 1. The van der Waals surface area contributed by atoms with Crippen LogP contribution < -0.4 is 5.73 Å². The van der Waals surface area contributed by atoms with Gasteiger partial charge in [-0.15, -0.1) is 11.8 Å². The fourth-order valence-corrected chi connectivity index (χ4v) is 2.49. The highest BCUT2D eigenvalue weighted by atomic mass is 35.5. The molecule has 0 amide bonds. The number of aryl methyl sites for hydroxylation is 1. The highest BCUT2D eigenvalue weighted by molar-refractivity contribution is 7.98. The van der Waals surface area contributed by atoms with Gasteiger partial charge in [0.25, 0.3) is 0 Å². The smallest absolute Gasteiger partial charge is 0.121 e. The van der Waals surface area contributed by atoms with Gasteiger partial charge in [-0.1, -0.05) is 17.7 Å². The first kappa shape index (κ1) is 11.4. The molecule has 5 heteroatoms. The number of hydrogen-bond donors (Lipinski definition) is 1. The van der Waals surface area contributed by atoms with E-state index in [1.807, 2.05) is 37.6 Å². The van der Waals surface area contributed by atoms with Crippen molar-refractivity contribution in [1.29, 1.82) is 0 Å². The second-order valence-corrected chi connectivity index (χ2v) is 4.65. The number of anilines is 1. The Balaban J connectivity index is 2.62. The number of rotatable bonds is 2. The van der Waals surface area contributed by atoms with Gasteiger partial charge < -0.3 is 5.73 Å². The van der Waals surface area contributed by atoms with Crippen LogP contribution in [0, 0.1) is 0 Å². The van der Waals surface area contributed by atoms with E-state index < -0.39 is 0 Å². The molecule has 0 bridgehead atoms. The summed E-state index contributed by atoms with van der Waals surface area (Å²) in [6, 6.07) is 7.66. The number of nitrogens with two attached hydrogens (primary N) is 1. The zero-order valence-electron chi connectivity index (χ0n) is 9.07. The Morgan fingerprint density at radius 2 is 2.19 bits per heavy atom. The standard InChI is InChI=1S/C11H12ClN3S/c1-15-10(13)6-8(14-15)11-7(12)4-3-5-9(11)16-2/h3-6H,13H2,1-2H3. The van der Waals surface area contributed by atoms with Crippen LogP contribution in [0.3, 0.4) is 0 Å². The Kier molecular flexibility index (Phi) is 3.12. The first-order chi connectivity index (χ1) is 7.63. The summed E-state index contributed by atoms with van der Waals surface area (Å²) < 4.78 is 1.64. The van der Waals surface area contributed by atoms with Crippen LogP contribution in [-0.2, 0) is 7.05 Å². The molecule has 0 aliphatic rings. The third-order valence-electron chi connectivity index (χ3n) is 2.37. The van der Waals surface area contributed by atoms with Crippen LogP contribution in [0.25, 0.3) is 11.3 Å². The molecule has 0 aliphatic heterocycles. The van der Waals surface area contributed by atoms with Crippen LogP contribution in [0.15, 0.2) is 29.2 Å². The molecule has 2 aromatic rings. The lowest BCUT2D eigenvalue weighted by atomic mass is 10.1. The summed E-state index contributed by atoms with van der Waals surface area (Å²) >= 11 is 7.85. The largest absolute Gasteiger partial charge is 0.384 e. The van der Waals surface area contributed by atoms with Gasteiger partial charge in [0.15, 0.2) is 0 Å². The third-order valence-corrected chi connectivity index (χ3v) is 3.46. The van der Waals surface area contributed by atoms with Gasteiger partial charge in [-0.05, 0) is 18.4 Å². The van der Waals surface area contributed by atoms with Crippen molar-refractivity contribution in [1.82, 2.24) is 9.78 Å². The van der Waals surface area contributed by atoms with E-state index in [1.165, 1.54) is 0 Å². The number of hydrogen-bond acceptors (Lipinski definition) is 3. The maximum atomic E-state index is 6.20. The molecule has 0 saturated carbocycles. The fourth-order valence-electron chi connectivity index (χ4n) is 1.53. The van der Waals surface area contributed by atoms with Crippen LogP contribution in [0.4, 0.5) is 5.82 Å². The van der Waals surface area contributed by atoms with Crippen LogP contribution in [-0.4, -0.2) is 16.0 Å². The molecule has 0 saturated heterocycles. The molecule has 1 aromatic carbocycles. The third kappa shape index (κ3) is 1.90. The average molecular weight is 254 g/mol. The van der Waals surface area contributed by atoms with Crippen molar-refractivity contribution >= 4 is 29.2 Å². The van der Waals surface area contributed by atoms with Gasteiger partial charge in [0.05, 0.1) is 10.7 Å². The molecule has 0 spiro atoms. The summed E-state index contributed by atoms with van der Waals surface area (Å²) in [5, 5.41) is 5.04. The summed E-state index contributed by atoms with van der Waals surface area (Å²) in [6.07, 6.45) is 2.02. The molecular weight excluding hydrogens is 242 g/mol. The average Bonchev–Trinajstić information content (AvgIpc) is 2.58. The molecular formula is C11H12ClN3S. The summed E-state index contributed by atoms with van der Waals surface area (Å²) in [5.41, 5.74) is 7.53. The molecule has 2 N–H and O–H groups in total. The number of aromatic nitrogens is 2. The Labute approximate surface area is 104 Å². The van der Waals surface area contributed by atoms with Gasteiger partial charge >= 0.3 is 0 Å². The van der Waals surface area contributed by atoms with E-state index in [4.69, 9.17) is 17.3 Å². The van der Waals surface area contributed by atoms with Gasteiger partial charge in [-0.2, -0.15) is 5.10 Å². The highest BCUT2D eigenvalue weighted by Crippen LogP contribution is 2.35. The maximum absolute atomic E-state index is 6.20. The maximum Gasteiger partial charge on any atom is 0.121 e. The van der Waals surface area contributed by atoms with Gasteiger partial charge in [-0.25, -0.2) is 0 Å². The van der Waals surface area contributed by atoms with Crippen molar-refractivity contribution in [3.05, 3.63) is 29.3 Å². The SMILES string of the molecule is CSc1cccc(Cl)c1-c1cc(N)n(C)n1. The Morgan fingerprint density at radius 1 is 1.44 bits per heavy atom. The van der Waals surface area contributed by atoms with E-state index in [0.717, 1.165) is 16.2 Å². The van der Waals surface area contributed by atoms with E-state index >= 15 is 0 Å². The van der Waals surface area contributed by atoms with Crippen molar-refractivity contribution in [3.8, 4) is 11.3 Å². The van der Waals surface area contributed by atoms with E-state index in [1.54, 1.807) is 16.4 Å². The van der Waals surface area contributed by atoms with Gasteiger partial charge in [0, 0.05) is 23.6 Å². The minimum absolute atomic E-state index is 0.627. The summed E-state index contributed by atoms with van der Waals surface area (Å²) in [6.45, 7) is 0. The molecule has 2 rings (SSSR count). The van der Waals surface area contributed by atoms with Gasteiger partial charge in [-0.3, -0.25) is 4.68 Å². The highest BCUT2D eigenvalue weighted by Gasteiger charge is 2.12. The minimum atomic E-state index is 0.627. The van der Waals surface area contributed by atoms with E-state index in [0.29, 0.717) is 10.8 Å². The molecule has 16 heavy (non-hydrogen) atoms. The van der Waals surface area contributed by atoms with E-state index in [2.05, 4.69) is 5.10 Å². The quantitative estimate of drug-likeness (QED) is 0.837. The first-order valence-electron chi connectivity index (χ1n) is 4.76. The lowest BCUT2D eigenvalue weighted by Crippen LogP contribution is -1.96. The minimum Gasteiger partial charge on any atom is -0.384 e. The van der Waals surface area contributed by atoms with Crippen molar-refractivity contribution in [2.45, 2.75) is 4.90 Å². The Morgan fingerprint density at radius 3 is 2.75 bits per heavy atom. The predicted octanol–water partition coefficient (Wildman–Crippen LogP) is 3.04. The number of thioether (sulfide) groups is 1. The molecule has 1 heterocycles. The van der Waals surface area contributed by atoms with Crippen molar-refractivity contribution < 1.29 is 0 Å². The zero-order chi connectivity index (χ0) is 11.7.